The average molecular weight is 289 g/mol. The number of fused-ring (bicyclic) bond motifs is 1. The molecule has 4 N–H and O–H groups in total. The van der Waals surface area contributed by atoms with Gasteiger partial charge in [-0.2, -0.15) is 0 Å². The van der Waals surface area contributed by atoms with Crippen LogP contribution < -0.4 is 15.8 Å². The first kappa shape index (κ1) is 13.0. The van der Waals surface area contributed by atoms with Crippen LogP contribution in [0.4, 0.5) is 17.1 Å². The zero-order chi connectivity index (χ0) is 14.3. The van der Waals surface area contributed by atoms with Crippen LogP contribution in [0, 0.1) is 0 Å². The van der Waals surface area contributed by atoms with Crippen molar-refractivity contribution < 1.29 is 8.42 Å². The first-order valence-corrected chi connectivity index (χ1v) is 7.79. The highest BCUT2D eigenvalue weighted by Crippen LogP contribution is 2.37. The van der Waals surface area contributed by atoms with E-state index in [1.807, 2.05) is 18.2 Å². The van der Waals surface area contributed by atoms with Crippen molar-refractivity contribution >= 4 is 27.1 Å². The van der Waals surface area contributed by atoms with E-state index in [2.05, 4.69) is 11.0 Å². The molecule has 0 atom stereocenters. The SMILES string of the molecule is Nc1cc(S(N)(=O)=O)ccc1N1CCc2ccccc21. The van der Waals surface area contributed by atoms with Gasteiger partial charge < -0.3 is 10.6 Å². The molecule has 3 rings (SSSR count). The van der Waals surface area contributed by atoms with Gasteiger partial charge in [-0.15, -0.1) is 0 Å². The molecule has 6 heteroatoms. The Morgan fingerprint density at radius 2 is 1.80 bits per heavy atom. The predicted octanol–water partition coefficient (Wildman–Crippen LogP) is 1.61. The van der Waals surface area contributed by atoms with Crippen molar-refractivity contribution in [1.82, 2.24) is 0 Å². The minimum Gasteiger partial charge on any atom is -0.397 e. The Bertz CT molecular complexity index is 772. The number of anilines is 3. The molecular weight excluding hydrogens is 274 g/mol. The Morgan fingerprint density at radius 3 is 2.50 bits per heavy atom. The van der Waals surface area contributed by atoms with E-state index in [0.717, 1.165) is 24.3 Å². The summed E-state index contributed by atoms with van der Waals surface area (Å²) in [5.74, 6) is 0. The largest absolute Gasteiger partial charge is 0.397 e. The van der Waals surface area contributed by atoms with Crippen LogP contribution in [0.5, 0.6) is 0 Å². The maximum Gasteiger partial charge on any atom is 0.238 e. The molecule has 0 saturated heterocycles. The fourth-order valence-electron chi connectivity index (χ4n) is 2.54. The smallest absolute Gasteiger partial charge is 0.238 e. The van der Waals surface area contributed by atoms with Gasteiger partial charge in [-0.05, 0) is 36.2 Å². The lowest BCUT2D eigenvalue weighted by Crippen LogP contribution is -2.17. The van der Waals surface area contributed by atoms with Crippen LogP contribution in [-0.2, 0) is 16.4 Å². The zero-order valence-electron chi connectivity index (χ0n) is 10.8. The second kappa shape index (κ2) is 4.50. The summed E-state index contributed by atoms with van der Waals surface area (Å²) in [5, 5.41) is 5.11. The van der Waals surface area contributed by atoms with Crippen LogP contribution in [0.1, 0.15) is 5.56 Å². The molecule has 0 aliphatic carbocycles. The predicted molar refractivity (Wildman–Crippen MR) is 79.4 cm³/mol. The van der Waals surface area contributed by atoms with E-state index in [1.54, 1.807) is 6.07 Å². The van der Waals surface area contributed by atoms with E-state index in [-0.39, 0.29) is 4.90 Å². The molecule has 5 nitrogen and oxygen atoms in total. The van der Waals surface area contributed by atoms with Crippen LogP contribution in [0.15, 0.2) is 47.4 Å². The molecule has 2 aromatic rings. The van der Waals surface area contributed by atoms with Crippen molar-refractivity contribution in [3.63, 3.8) is 0 Å². The lowest BCUT2D eigenvalue weighted by Gasteiger charge is -2.21. The number of nitrogens with two attached hydrogens (primary N) is 2. The molecule has 0 radical (unpaired) electrons. The summed E-state index contributed by atoms with van der Waals surface area (Å²) in [6.07, 6.45) is 0.951. The molecule has 2 aromatic carbocycles. The molecule has 0 saturated carbocycles. The summed E-state index contributed by atoms with van der Waals surface area (Å²) in [4.78, 5) is 2.13. The minimum atomic E-state index is -3.72. The van der Waals surface area contributed by atoms with E-state index in [0.29, 0.717) is 5.69 Å². The molecule has 0 amide bonds. The molecule has 0 fully saturated rings. The Morgan fingerprint density at radius 1 is 1.05 bits per heavy atom. The van der Waals surface area contributed by atoms with Crippen LogP contribution in [0.3, 0.4) is 0 Å². The van der Waals surface area contributed by atoms with Crippen molar-refractivity contribution in [2.45, 2.75) is 11.3 Å². The van der Waals surface area contributed by atoms with Crippen molar-refractivity contribution in [1.29, 1.82) is 0 Å². The molecule has 0 bridgehead atoms. The van der Waals surface area contributed by atoms with Gasteiger partial charge in [-0.25, -0.2) is 13.6 Å². The van der Waals surface area contributed by atoms with Crippen molar-refractivity contribution in [2.24, 2.45) is 5.14 Å². The van der Waals surface area contributed by atoms with E-state index in [4.69, 9.17) is 10.9 Å². The molecule has 1 aliphatic heterocycles. The van der Waals surface area contributed by atoms with Crippen LogP contribution in [0.2, 0.25) is 0 Å². The lowest BCUT2D eigenvalue weighted by molar-refractivity contribution is 0.598. The van der Waals surface area contributed by atoms with Gasteiger partial charge >= 0.3 is 0 Å². The average Bonchev–Trinajstić information content (AvgIpc) is 2.81. The number of nitrogen functional groups attached to an aromatic ring is 1. The topological polar surface area (TPSA) is 89.4 Å². The molecular formula is C14H15N3O2S. The Labute approximate surface area is 117 Å². The van der Waals surface area contributed by atoms with E-state index in [1.165, 1.54) is 17.7 Å². The molecule has 0 unspecified atom stereocenters. The maximum absolute atomic E-state index is 11.3. The fraction of sp³-hybridized carbons (Fsp3) is 0.143. The Kier molecular flexibility index (Phi) is 2.92. The van der Waals surface area contributed by atoms with Crippen LogP contribution >= 0.6 is 0 Å². The van der Waals surface area contributed by atoms with Gasteiger partial charge in [0.15, 0.2) is 0 Å². The molecule has 104 valence electrons. The Hall–Kier alpha value is -2.05. The highest BCUT2D eigenvalue weighted by molar-refractivity contribution is 7.89. The third-order valence-electron chi connectivity index (χ3n) is 3.51. The standard InChI is InChI=1S/C14H15N3O2S/c15-12-9-11(20(16,18)19)5-6-14(12)17-8-7-10-3-1-2-4-13(10)17/h1-6,9H,7-8,15H2,(H2,16,18,19). The van der Waals surface area contributed by atoms with Gasteiger partial charge in [0.05, 0.1) is 16.3 Å². The van der Waals surface area contributed by atoms with Crippen molar-refractivity contribution in [3.05, 3.63) is 48.0 Å². The quantitative estimate of drug-likeness (QED) is 0.822. The van der Waals surface area contributed by atoms with Gasteiger partial charge in [0.2, 0.25) is 10.0 Å². The zero-order valence-corrected chi connectivity index (χ0v) is 11.6. The van der Waals surface area contributed by atoms with Crippen LogP contribution in [-0.4, -0.2) is 15.0 Å². The lowest BCUT2D eigenvalue weighted by atomic mass is 10.2. The summed E-state index contributed by atoms with van der Waals surface area (Å²) < 4.78 is 22.6. The summed E-state index contributed by atoms with van der Waals surface area (Å²) in [6.45, 7) is 0.832. The maximum atomic E-state index is 11.3. The summed E-state index contributed by atoms with van der Waals surface area (Å²) >= 11 is 0. The van der Waals surface area contributed by atoms with Gasteiger partial charge in [0, 0.05) is 12.2 Å². The number of sulfonamides is 1. The van der Waals surface area contributed by atoms with Gasteiger partial charge in [-0.1, -0.05) is 18.2 Å². The summed E-state index contributed by atoms with van der Waals surface area (Å²) in [5.41, 5.74) is 9.59. The number of para-hydroxylation sites is 1. The highest BCUT2D eigenvalue weighted by Gasteiger charge is 2.22. The second-order valence-corrected chi connectivity index (χ2v) is 6.36. The van der Waals surface area contributed by atoms with E-state index < -0.39 is 10.0 Å². The first-order valence-electron chi connectivity index (χ1n) is 6.24. The number of primary sulfonamides is 1. The third-order valence-corrected chi connectivity index (χ3v) is 4.42. The molecule has 1 aliphatic rings. The van der Waals surface area contributed by atoms with Crippen molar-refractivity contribution in [2.75, 3.05) is 17.2 Å². The number of rotatable bonds is 2. The highest BCUT2D eigenvalue weighted by atomic mass is 32.2. The van der Waals surface area contributed by atoms with E-state index in [9.17, 15) is 8.42 Å². The van der Waals surface area contributed by atoms with Gasteiger partial charge in [0.1, 0.15) is 0 Å². The summed E-state index contributed by atoms with van der Waals surface area (Å²) in [7, 11) is -3.72. The van der Waals surface area contributed by atoms with Crippen LogP contribution in [0.25, 0.3) is 0 Å². The number of nitrogens with zero attached hydrogens (tertiary/aromatic N) is 1. The number of hydrogen-bond acceptors (Lipinski definition) is 4. The summed E-state index contributed by atoms with van der Waals surface area (Å²) in [6, 6.07) is 12.7. The van der Waals surface area contributed by atoms with E-state index >= 15 is 0 Å². The normalized spacial score (nSPS) is 14.3. The Balaban J connectivity index is 2.05. The third kappa shape index (κ3) is 2.13. The molecule has 0 aromatic heterocycles. The molecule has 20 heavy (non-hydrogen) atoms. The fourth-order valence-corrected chi connectivity index (χ4v) is 3.09. The monoisotopic (exact) mass is 289 g/mol. The minimum absolute atomic E-state index is 0.0335. The van der Waals surface area contributed by atoms with Gasteiger partial charge in [-0.3, -0.25) is 0 Å². The van der Waals surface area contributed by atoms with Crippen molar-refractivity contribution in [3.8, 4) is 0 Å². The first-order chi connectivity index (χ1) is 9.47. The number of benzene rings is 2. The second-order valence-electron chi connectivity index (χ2n) is 4.80. The number of hydrogen-bond donors (Lipinski definition) is 2. The molecule has 0 spiro atoms. The van der Waals surface area contributed by atoms with Gasteiger partial charge in [0.25, 0.3) is 0 Å². The molecule has 1 heterocycles.